The summed E-state index contributed by atoms with van der Waals surface area (Å²) in [7, 11) is 1.64. The topological polar surface area (TPSA) is 88.2 Å². The second-order valence-electron chi connectivity index (χ2n) is 8.29. The van der Waals surface area contributed by atoms with Crippen molar-refractivity contribution in [3.05, 3.63) is 108 Å². The lowest BCUT2D eigenvalue weighted by molar-refractivity contribution is 0.102. The summed E-state index contributed by atoms with van der Waals surface area (Å²) in [5, 5.41) is 11.6. The fourth-order valence-electron chi connectivity index (χ4n) is 3.81. The number of amides is 1. The van der Waals surface area contributed by atoms with Crippen molar-refractivity contribution in [3.63, 3.8) is 0 Å². The molecule has 7 nitrogen and oxygen atoms in total. The average molecular weight is 476 g/mol. The minimum atomic E-state index is -0.155. The molecule has 0 aliphatic carbocycles. The number of rotatable bonds is 7. The molecule has 1 amide bonds. The SMILES string of the molecule is COc1ccc(Nc2cc(C)nc(Nc3ccc(NC(=O)c4ccc5ccccc5c4)cc3)n2)cc1. The van der Waals surface area contributed by atoms with Crippen LogP contribution in [0.3, 0.4) is 0 Å². The highest BCUT2D eigenvalue weighted by molar-refractivity contribution is 6.06. The Morgan fingerprint density at radius 3 is 2.14 bits per heavy atom. The normalized spacial score (nSPS) is 10.6. The number of benzene rings is 4. The summed E-state index contributed by atoms with van der Waals surface area (Å²) < 4.78 is 5.20. The van der Waals surface area contributed by atoms with Gasteiger partial charge in [0.25, 0.3) is 5.91 Å². The number of methoxy groups -OCH3 is 1. The van der Waals surface area contributed by atoms with E-state index < -0.39 is 0 Å². The van der Waals surface area contributed by atoms with Gasteiger partial charge in [0.05, 0.1) is 7.11 Å². The summed E-state index contributed by atoms with van der Waals surface area (Å²) in [6, 6.07) is 30.6. The van der Waals surface area contributed by atoms with E-state index in [1.54, 1.807) is 7.11 Å². The Hall–Kier alpha value is -4.91. The molecule has 178 valence electrons. The van der Waals surface area contributed by atoms with E-state index in [9.17, 15) is 4.79 Å². The molecule has 0 saturated heterocycles. The van der Waals surface area contributed by atoms with Gasteiger partial charge in [0.2, 0.25) is 5.95 Å². The van der Waals surface area contributed by atoms with Gasteiger partial charge in [0.1, 0.15) is 11.6 Å². The van der Waals surface area contributed by atoms with Crippen LogP contribution >= 0.6 is 0 Å². The number of ether oxygens (including phenoxy) is 1. The highest BCUT2D eigenvalue weighted by Gasteiger charge is 2.08. The van der Waals surface area contributed by atoms with Crippen molar-refractivity contribution in [1.29, 1.82) is 0 Å². The Labute approximate surface area is 209 Å². The number of hydrogen-bond donors (Lipinski definition) is 3. The minimum absolute atomic E-state index is 0.155. The standard InChI is InChI=1S/C29H25N5O2/c1-19-17-27(31-23-13-15-26(36-2)16-14-23)34-29(30-19)33-25-11-9-24(10-12-25)32-28(35)22-8-7-20-5-3-4-6-21(20)18-22/h3-18H,1-2H3,(H,32,35)(H2,30,31,33,34). The lowest BCUT2D eigenvalue weighted by atomic mass is 10.1. The molecular weight excluding hydrogens is 450 g/mol. The molecule has 0 saturated carbocycles. The molecular formula is C29H25N5O2. The maximum absolute atomic E-state index is 12.7. The number of carbonyl (C=O) groups excluding carboxylic acids is 1. The Bertz CT molecular complexity index is 1520. The van der Waals surface area contributed by atoms with E-state index in [-0.39, 0.29) is 5.91 Å². The van der Waals surface area contributed by atoms with Crippen molar-refractivity contribution in [2.24, 2.45) is 0 Å². The molecule has 0 bridgehead atoms. The van der Waals surface area contributed by atoms with Gasteiger partial charge in [-0.1, -0.05) is 30.3 Å². The van der Waals surface area contributed by atoms with E-state index in [2.05, 4.69) is 25.9 Å². The highest BCUT2D eigenvalue weighted by Crippen LogP contribution is 2.23. The maximum atomic E-state index is 12.7. The maximum Gasteiger partial charge on any atom is 0.255 e. The number of fused-ring (bicyclic) bond motifs is 1. The van der Waals surface area contributed by atoms with Crippen LogP contribution in [0.1, 0.15) is 16.1 Å². The van der Waals surface area contributed by atoms with E-state index in [0.29, 0.717) is 23.0 Å². The van der Waals surface area contributed by atoms with Gasteiger partial charge in [-0.3, -0.25) is 4.79 Å². The van der Waals surface area contributed by atoms with E-state index in [4.69, 9.17) is 4.74 Å². The molecule has 4 aromatic carbocycles. The van der Waals surface area contributed by atoms with Gasteiger partial charge in [-0.15, -0.1) is 0 Å². The van der Waals surface area contributed by atoms with Crippen LogP contribution in [0.2, 0.25) is 0 Å². The Kier molecular flexibility index (Phi) is 6.44. The third-order valence-corrected chi connectivity index (χ3v) is 5.63. The van der Waals surface area contributed by atoms with Crippen LogP contribution in [0.25, 0.3) is 10.8 Å². The molecule has 0 unspecified atom stereocenters. The summed E-state index contributed by atoms with van der Waals surface area (Å²) >= 11 is 0. The van der Waals surface area contributed by atoms with Crippen molar-refractivity contribution in [2.75, 3.05) is 23.1 Å². The molecule has 36 heavy (non-hydrogen) atoms. The minimum Gasteiger partial charge on any atom is -0.497 e. The zero-order valence-corrected chi connectivity index (χ0v) is 19.9. The summed E-state index contributed by atoms with van der Waals surface area (Å²) in [5.41, 5.74) is 3.83. The van der Waals surface area contributed by atoms with Gasteiger partial charge in [-0.25, -0.2) is 4.98 Å². The zero-order valence-electron chi connectivity index (χ0n) is 19.9. The Morgan fingerprint density at radius 2 is 1.39 bits per heavy atom. The molecule has 5 rings (SSSR count). The predicted molar refractivity (Wildman–Crippen MR) is 145 cm³/mol. The molecule has 0 atom stereocenters. The smallest absolute Gasteiger partial charge is 0.255 e. The number of nitrogens with zero attached hydrogens (tertiary/aromatic N) is 2. The molecule has 1 heterocycles. The molecule has 0 radical (unpaired) electrons. The van der Waals surface area contributed by atoms with E-state index in [1.165, 1.54) is 0 Å². The van der Waals surface area contributed by atoms with Gasteiger partial charge >= 0.3 is 0 Å². The molecule has 0 spiro atoms. The molecule has 7 heteroatoms. The predicted octanol–water partition coefficient (Wildman–Crippen LogP) is 6.69. The van der Waals surface area contributed by atoms with Gasteiger partial charge in [-0.2, -0.15) is 4.98 Å². The molecule has 1 aromatic heterocycles. The lowest BCUT2D eigenvalue weighted by Crippen LogP contribution is -2.11. The van der Waals surface area contributed by atoms with Crippen LogP contribution in [0.15, 0.2) is 97.1 Å². The Balaban J connectivity index is 1.25. The molecule has 0 aliphatic heterocycles. The van der Waals surface area contributed by atoms with Gasteiger partial charge in [-0.05, 0) is 78.4 Å². The molecule has 0 aliphatic rings. The summed E-state index contributed by atoms with van der Waals surface area (Å²) in [6.45, 7) is 1.91. The van der Waals surface area contributed by atoms with Gasteiger partial charge < -0.3 is 20.7 Å². The fraction of sp³-hybridized carbons (Fsp3) is 0.0690. The van der Waals surface area contributed by atoms with Crippen LogP contribution < -0.4 is 20.7 Å². The second-order valence-corrected chi connectivity index (χ2v) is 8.29. The van der Waals surface area contributed by atoms with Crippen molar-refractivity contribution in [3.8, 4) is 5.75 Å². The van der Waals surface area contributed by atoms with Crippen LogP contribution in [0.5, 0.6) is 5.75 Å². The van der Waals surface area contributed by atoms with Crippen LogP contribution in [-0.2, 0) is 0 Å². The number of aryl methyl sites for hydroxylation is 1. The third-order valence-electron chi connectivity index (χ3n) is 5.63. The Morgan fingerprint density at radius 1 is 0.722 bits per heavy atom. The lowest BCUT2D eigenvalue weighted by Gasteiger charge is -2.11. The molecule has 5 aromatic rings. The number of nitrogens with one attached hydrogen (secondary N) is 3. The quantitative estimate of drug-likeness (QED) is 0.243. The van der Waals surface area contributed by atoms with E-state index in [1.807, 2.05) is 104 Å². The first-order valence-electron chi connectivity index (χ1n) is 11.5. The van der Waals surface area contributed by atoms with Gasteiger partial charge in [0.15, 0.2) is 0 Å². The van der Waals surface area contributed by atoms with Crippen LogP contribution in [0.4, 0.5) is 28.8 Å². The van der Waals surface area contributed by atoms with Crippen LogP contribution in [0, 0.1) is 6.92 Å². The van der Waals surface area contributed by atoms with Crippen molar-refractivity contribution >= 4 is 45.5 Å². The summed E-state index contributed by atoms with van der Waals surface area (Å²) in [6.07, 6.45) is 0. The zero-order chi connectivity index (χ0) is 24.9. The number of aromatic nitrogens is 2. The van der Waals surface area contributed by atoms with Crippen molar-refractivity contribution in [2.45, 2.75) is 6.92 Å². The number of carbonyl (C=O) groups is 1. The van der Waals surface area contributed by atoms with E-state index >= 15 is 0 Å². The molecule has 3 N–H and O–H groups in total. The first kappa shape index (κ1) is 22.9. The fourth-order valence-corrected chi connectivity index (χ4v) is 3.81. The number of anilines is 5. The van der Waals surface area contributed by atoms with E-state index in [0.717, 1.165) is 33.6 Å². The van der Waals surface area contributed by atoms with Gasteiger partial charge in [0, 0.05) is 34.4 Å². The largest absolute Gasteiger partial charge is 0.497 e. The average Bonchev–Trinajstić information content (AvgIpc) is 2.89. The first-order chi connectivity index (χ1) is 17.6. The molecule has 0 fully saturated rings. The third kappa shape index (κ3) is 5.42. The highest BCUT2D eigenvalue weighted by atomic mass is 16.5. The second kappa shape index (κ2) is 10.1. The van der Waals surface area contributed by atoms with Crippen LogP contribution in [-0.4, -0.2) is 23.0 Å². The summed E-state index contributed by atoms with van der Waals surface area (Å²) in [4.78, 5) is 21.8. The van der Waals surface area contributed by atoms with Crippen molar-refractivity contribution < 1.29 is 9.53 Å². The summed E-state index contributed by atoms with van der Waals surface area (Å²) in [5.74, 6) is 1.78. The monoisotopic (exact) mass is 475 g/mol. The van der Waals surface area contributed by atoms with Crippen molar-refractivity contribution in [1.82, 2.24) is 9.97 Å². The first-order valence-corrected chi connectivity index (χ1v) is 11.5. The number of hydrogen-bond acceptors (Lipinski definition) is 6.